The number of carbonyl (C=O) groups is 1. The molecule has 3 aromatic rings. The molecule has 1 amide bonds. The third-order valence-corrected chi connectivity index (χ3v) is 6.15. The maximum absolute atomic E-state index is 12.1. The van der Waals surface area contributed by atoms with E-state index in [1.165, 1.54) is 28.6 Å². The molecule has 4 rings (SSSR count). The molecule has 0 radical (unpaired) electrons. The molecule has 0 saturated carbocycles. The number of hydrogen-bond acceptors (Lipinski definition) is 6. The number of aromatic hydroxyl groups is 1. The molecule has 0 aliphatic heterocycles. The molecule has 0 fully saturated rings. The lowest BCUT2D eigenvalue weighted by molar-refractivity contribution is -0.113. The van der Waals surface area contributed by atoms with Crippen LogP contribution in [0.25, 0.3) is 10.2 Å². The summed E-state index contributed by atoms with van der Waals surface area (Å²) in [4.78, 5) is 23.4. The summed E-state index contributed by atoms with van der Waals surface area (Å²) >= 11 is 3.20. The van der Waals surface area contributed by atoms with Crippen LogP contribution < -0.4 is 5.32 Å². The molecule has 7 heteroatoms. The molecule has 24 heavy (non-hydrogen) atoms. The highest BCUT2D eigenvalue weighted by Gasteiger charge is 2.21. The minimum absolute atomic E-state index is 0.0932. The summed E-state index contributed by atoms with van der Waals surface area (Å²) in [5.41, 5.74) is 2.04. The van der Waals surface area contributed by atoms with Crippen molar-refractivity contribution in [3.63, 3.8) is 0 Å². The van der Waals surface area contributed by atoms with E-state index in [1.54, 1.807) is 41.9 Å². The van der Waals surface area contributed by atoms with Crippen LogP contribution >= 0.6 is 23.1 Å². The fourth-order valence-corrected chi connectivity index (χ4v) is 5.00. The van der Waals surface area contributed by atoms with Crippen molar-refractivity contribution < 1.29 is 9.90 Å². The lowest BCUT2D eigenvalue weighted by Gasteiger charge is -2.06. The summed E-state index contributed by atoms with van der Waals surface area (Å²) in [6.07, 6.45) is 4.98. The summed E-state index contributed by atoms with van der Waals surface area (Å²) < 4.78 is 0. The minimum Gasteiger partial charge on any atom is -0.508 e. The second-order valence-electron chi connectivity index (χ2n) is 5.60. The molecule has 0 spiro atoms. The number of amides is 1. The number of benzene rings is 1. The smallest absolute Gasteiger partial charge is 0.234 e. The SMILES string of the molecule is O=C(CSc1ncnc2sc3c(c12)CCC3)Nc1ccc(O)cc1. The van der Waals surface area contributed by atoms with Crippen molar-refractivity contribution in [2.75, 3.05) is 11.1 Å². The summed E-state index contributed by atoms with van der Waals surface area (Å²) in [5, 5.41) is 14.1. The van der Waals surface area contributed by atoms with Gasteiger partial charge >= 0.3 is 0 Å². The fourth-order valence-electron chi connectivity index (χ4n) is 2.88. The van der Waals surface area contributed by atoms with Gasteiger partial charge in [-0.2, -0.15) is 0 Å². The van der Waals surface area contributed by atoms with Gasteiger partial charge in [-0.15, -0.1) is 11.3 Å². The molecule has 5 nitrogen and oxygen atoms in total. The average Bonchev–Trinajstić information content (AvgIpc) is 3.16. The molecule has 0 unspecified atom stereocenters. The van der Waals surface area contributed by atoms with Gasteiger partial charge in [-0.25, -0.2) is 9.97 Å². The first-order valence-corrected chi connectivity index (χ1v) is 9.48. The van der Waals surface area contributed by atoms with Crippen LogP contribution in [0.1, 0.15) is 16.9 Å². The Morgan fingerprint density at radius 3 is 2.92 bits per heavy atom. The zero-order valence-electron chi connectivity index (χ0n) is 12.8. The van der Waals surface area contributed by atoms with Crippen LogP contribution in [0.4, 0.5) is 5.69 Å². The van der Waals surface area contributed by atoms with Crippen molar-refractivity contribution in [3.8, 4) is 5.75 Å². The monoisotopic (exact) mass is 357 g/mol. The Balaban J connectivity index is 1.48. The van der Waals surface area contributed by atoms with Crippen molar-refractivity contribution in [1.82, 2.24) is 9.97 Å². The summed E-state index contributed by atoms with van der Waals surface area (Å²) in [6, 6.07) is 6.44. The van der Waals surface area contributed by atoms with E-state index in [4.69, 9.17) is 0 Å². The van der Waals surface area contributed by atoms with E-state index in [-0.39, 0.29) is 17.4 Å². The highest BCUT2D eigenvalue weighted by molar-refractivity contribution is 8.00. The zero-order valence-corrected chi connectivity index (χ0v) is 14.4. The zero-order chi connectivity index (χ0) is 16.5. The predicted molar refractivity (Wildman–Crippen MR) is 96.9 cm³/mol. The van der Waals surface area contributed by atoms with Gasteiger partial charge in [0.15, 0.2) is 0 Å². The average molecular weight is 357 g/mol. The predicted octanol–water partition coefficient (Wildman–Crippen LogP) is 3.62. The van der Waals surface area contributed by atoms with E-state index in [1.807, 2.05) is 0 Å². The first-order chi connectivity index (χ1) is 11.7. The van der Waals surface area contributed by atoms with E-state index < -0.39 is 0 Å². The Bertz CT molecular complexity index is 906. The van der Waals surface area contributed by atoms with Gasteiger partial charge < -0.3 is 10.4 Å². The van der Waals surface area contributed by atoms with Gasteiger partial charge in [-0.1, -0.05) is 11.8 Å². The van der Waals surface area contributed by atoms with Crippen LogP contribution in [0.5, 0.6) is 5.75 Å². The maximum atomic E-state index is 12.1. The van der Waals surface area contributed by atoms with Gasteiger partial charge in [0.05, 0.1) is 5.75 Å². The molecule has 1 aliphatic carbocycles. The lowest BCUT2D eigenvalue weighted by atomic mass is 10.2. The van der Waals surface area contributed by atoms with Crippen molar-refractivity contribution in [2.24, 2.45) is 0 Å². The van der Waals surface area contributed by atoms with Crippen LogP contribution in [-0.2, 0) is 17.6 Å². The maximum Gasteiger partial charge on any atom is 0.234 e. The highest BCUT2D eigenvalue weighted by atomic mass is 32.2. The third kappa shape index (κ3) is 2.97. The Morgan fingerprint density at radius 1 is 1.25 bits per heavy atom. The van der Waals surface area contributed by atoms with Crippen molar-refractivity contribution in [1.29, 1.82) is 0 Å². The summed E-state index contributed by atoms with van der Waals surface area (Å²) in [5.74, 6) is 0.374. The summed E-state index contributed by atoms with van der Waals surface area (Å²) in [6.45, 7) is 0. The van der Waals surface area contributed by atoms with Crippen LogP contribution in [0.15, 0.2) is 35.6 Å². The molecule has 0 bridgehead atoms. The number of thioether (sulfide) groups is 1. The van der Waals surface area contributed by atoms with Crippen LogP contribution in [0.2, 0.25) is 0 Å². The number of anilines is 1. The standard InChI is InChI=1S/C17H15N3O2S2/c21-11-6-4-10(5-7-11)20-14(22)8-23-16-15-12-2-1-3-13(12)24-17(15)19-9-18-16/h4-7,9,21H,1-3,8H2,(H,20,22). The number of hydrogen-bond donors (Lipinski definition) is 2. The third-order valence-electron chi connectivity index (χ3n) is 3.96. The van der Waals surface area contributed by atoms with Crippen molar-refractivity contribution in [2.45, 2.75) is 24.3 Å². The van der Waals surface area contributed by atoms with Gasteiger partial charge in [-0.3, -0.25) is 4.79 Å². The van der Waals surface area contributed by atoms with Crippen molar-refractivity contribution in [3.05, 3.63) is 41.0 Å². The van der Waals surface area contributed by atoms with E-state index in [0.29, 0.717) is 5.69 Å². The number of aryl methyl sites for hydroxylation is 2. The Hall–Kier alpha value is -2.12. The van der Waals surface area contributed by atoms with E-state index >= 15 is 0 Å². The Morgan fingerprint density at radius 2 is 2.08 bits per heavy atom. The molecular formula is C17H15N3O2S2. The number of fused-ring (bicyclic) bond motifs is 3. The van der Waals surface area contributed by atoms with Crippen LogP contribution in [0.3, 0.4) is 0 Å². The largest absolute Gasteiger partial charge is 0.508 e. The van der Waals surface area contributed by atoms with Gasteiger partial charge in [0, 0.05) is 16.0 Å². The molecule has 2 aromatic heterocycles. The van der Waals surface area contributed by atoms with Crippen LogP contribution in [-0.4, -0.2) is 26.7 Å². The Kier molecular flexibility index (Phi) is 4.12. The number of thiophene rings is 1. The fraction of sp³-hybridized carbons (Fsp3) is 0.235. The normalized spacial score (nSPS) is 13.2. The quantitative estimate of drug-likeness (QED) is 0.424. The molecule has 0 atom stereocenters. The van der Waals surface area contributed by atoms with E-state index in [9.17, 15) is 9.90 Å². The molecule has 122 valence electrons. The number of nitrogens with zero attached hydrogens (tertiary/aromatic N) is 2. The van der Waals surface area contributed by atoms with Gasteiger partial charge in [0.2, 0.25) is 5.91 Å². The van der Waals surface area contributed by atoms with Gasteiger partial charge in [0.25, 0.3) is 0 Å². The molecule has 2 N–H and O–H groups in total. The molecule has 1 aromatic carbocycles. The highest BCUT2D eigenvalue weighted by Crippen LogP contribution is 2.39. The number of nitrogens with one attached hydrogen (secondary N) is 1. The summed E-state index contributed by atoms with van der Waals surface area (Å²) in [7, 11) is 0. The topological polar surface area (TPSA) is 75.1 Å². The molecular weight excluding hydrogens is 342 g/mol. The van der Waals surface area contributed by atoms with Crippen LogP contribution in [0, 0.1) is 0 Å². The van der Waals surface area contributed by atoms with Crippen molar-refractivity contribution >= 4 is 44.9 Å². The second-order valence-corrected chi connectivity index (χ2v) is 7.65. The van der Waals surface area contributed by atoms with Gasteiger partial charge in [-0.05, 0) is 49.1 Å². The first kappa shape index (κ1) is 15.4. The molecule has 2 heterocycles. The number of aromatic nitrogens is 2. The van der Waals surface area contributed by atoms with E-state index in [0.717, 1.165) is 28.1 Å². The van der Waals surface area contributed by atoms with Gasteiger partial charge in [0.1, 0.15) is 21.9 Å². The molecule has 1 aliphatic rings. The lowest BCUT2D eigenvalue weighted by Crippen LogP contribution is -2.14. The number of rotatable bonds is 4. The Labute approximate surface area is 147 Å². The number of phenolic OH excluding ortho intramolecular Hbond substituents is 1. The first-order valence-electron chi connectivity index (χ1n) is 7.67. The second kappa shape index (κ2) is 6.41. The minimum atomic E-state index is -0.0932. The van der Waals surface area contributed by atoms with E-state index in [2.05, 4.69) is 15.3 Å². The number of phenols is 1. The number of carbonyl (C=O) groups excluding carboxylic acids is 1. The molecule has 0 saturated heterocycles.